The molecule has 0 amide bonds. The van der Waals surface area contributed by atoms with E-state index in [1.54, 1.807) is 0 Å². The first-order chi connectivity index (χ1) is 9.27. The monoisotopic (exact) mass is 248 g/mol. The summed E-state index contributed by atoms with van der Waals surface area (Å²) in [6, 6.07) is 20.8. The third kappa shape index (κ3) is 2.08. The SMILES string of the molecule is C=C1OC(C(c2ccccc2)c2ccccc2)C1=C. The molecule has 0 saturated carbocycles. The number of rotatable bonds is 3. The van der Waals surface area contributed by atoms with Gasteiger partial charge in [0, 0.05) is 5.57 Å². The van der Waals surface area contributed by atoms with Crippen LogP contribution in [0.5, 0.6) is 0 Å². The number of ether oxygens (including phenoxy) is 1. The van der Waals surface area contributed by atoms with Gasteiger partial charge in [-0.1, -0.05) is 73.8 Å². The molecular formula is C18H16O. The van der Waals surface area contributed by atoms with Gasteiger partial charge in [0.15, 0.2) is 0 Å². The summed E-state index contributed by atoms with van der Waals surface area (Å²) in [4.78, 5) is 0. The number of hydrogen-bond acceptors (Lipinski definition) is 1. The molecule has 0 bridgehead atoms. The predicted molar refractivity (Wildman–Crippen MR) is 77.9 cm³/mol. The van der Waals surface area contributed by atoms with Crippen LogP contribution in [0, 0.1) is 0 Å². The molecule has 1 atom stereocenters. The average Bonchev–Trinajstić information content (AvgIpc) is 2.49. The minimum absolute atomic E-state index is 0.00250. The van der Waals surface area contributed by atoms with Gasteiger partial charge in [-0.05, 0) is 11.1 Å². The van der Waals surface area contributed by atoms with Gasteiger partial charge in [-0.25, -0.2) is 0 Å². The molecule has 94 valence electrons. The summed E-state index contributed by atoms with van der Waals surface area (Å²) in [5.41, 5.74) is 3.48. The van der Waals surface area contributed by atoms with Crippen molar-refractivity contribution in [3.63, 3.8) is 0 Å². The molecule has 0 spiro atoms. The van der Waals surface area contributed by atoms with E-state index >= 15 is 0 Å². The second kappa shape index (κ2) is 4.77. The van der Waals surface area contributed by atoms with E-state index in [1.165, 1.54) is 11.1 Å². The van der Waals surface area contributed by atoms with Crippen molar-refractivity contribution in [3.8, 4) is 0 Å². The molecule has 1 heteroatoms. The van der Waals surface area contributed by atoms with Crippen LogP contribution in [0.1, 0.15) is 17.0 Å². The maximum absolute atomic E-state index is 5.73. The van der Waals surface area contributed by atoms with Crippen LogP contribution >= 0.6 is 0 Å². The van der Waals surface area contributed by atoms with Gasteiger partial charge in [-0.2, -0.15) is 0 Å². The van der Waals surface area contributed by atoms with E-state index in [0.29, 0.717) is 5.76 Å². The van der Waals surface area contributed by atoms with Crippen LogP contribution in [0.25, 0.3) is 0 Å². The fourth-order valence-electron chi connectivity index (χ4n) is 2.53. The van der Waals surface area contributed by atoms with Gasteiger partial charge >= 0.3 is 0 Å². The van der Waals surface area contributed by atoms with Gasteiger partial charge in [-0.15, -0.1) is 0 Å². The highest BCUT2D eigenvalue weighted by Crippen LogP contribution is 2.42. The predicted octanol–water partition coefficient (Wildman–Crippen LogP) is 4.29. The van der Waals surface area contributed by atoms with Crippen molar-refractivity contribution in [2.75, 3.05) is 0 Å². The Bertz CT molecular complexity index is 559. The average molecular weight is 248 g/mol. The Morgan fingerprint density at radius 3 is 1.63 bits per heavy atom. The highest BCUT2D eigenvalue weighted by molar-refractivity contribution is 5.44. The lowest BCUT2D eigenvalue weighted by molar-refractivity contribution is 0.0720. The molecule has 0 aliphatic carbocycles. The molecule has 2 aromatic rings. The minimum atomic E-state index is -0.00250. The van der Waals surface area contributed by atoms with E-state index in [-0.39, 0.29) is 12.0 Å². The summed E-state index contributed by atoms with van der Waals surface area (Å²) in [6.07, 6.45) is -0.00250. The van der Waals surface area contributed by atoms with Gasteiger partial charge in [0.05, 0.1) is 5.92 Å². The first-order valence-corrected chi connectivity index (χ1v) is 6.42. The zero-order valence-electron chi connectivity index (χ0n) is 10.8. The fraction of sp³-hybridized carbons (Fsp3) is 0.111. The summed E-state index contributed by atoms with van der Waals surface area (Å²) < 4.78 is 5.73. The molecule has 1 unspecified atom stereocenters. The largest absolute Gasteiger partial charge is 0.485 e. The Labute approximate surface area is 113 Å². The van der Waals surface area contributed by atoms with Gasteiger partial charge in [0.25, 0.3) is 0 Å². The van der Waals surface area contributed by atoms with E-state index in [0.717, 1.165) is 5.57 Å². The summed E-state index contributed by atoms with van der Waals surface area (Å²) in [5, 5.41) is 0. The quantitative estimate of drug-likeness (QED) is 0.787. The molecule has 1 aliphatic rings. The molecule has 0 aromatic heterocycles. The lowest BCUT2D eigenvalue weighted by atomic mass is 9.81. The fourth-order valence-corrected chi connectivity index (χ4v) is 2.53. The van der Waals surface area contributed by atoms with Crippen molar-refractivity contribution >= 4 is 0 Å². The Balaban J connectivity index is 2.02. The molecule has 0 radical (unpaired) electrons. The molecule has 1 nitrogen and oxygen atoms in total. The van der Waals surface area contributed by atoms with E-state index in [1.807, 2.05) is 12.1 Å². The van der Waals surface area contributed by atoms with Crippen LogP contribution in [-0.4, -0.2) is 6.10 Å². The van der Waals surface area contributed by atoms with Crippen LogP contribution in [-0.2, 0) is 4.74 Å². The van der Waals surface area contributed by atoms with Crippen molar-refractivity contribution in [3.05, 3.63) is 96.3 Å². The highest BCUT2D eigenvalue weighted by atomic mass is 16.5. The van der Waals surface area contributed by atoms with Gasteiger partial charge in [-0.3, -0.25) is 0 Å². The Hall–Kier alpha value is -2.28. The van der Waals surface area contributed by atoms with Crippen LogP contribution in [0.3, 0.4) is 0 Å². The van der Waals surface area contributed by atoms with Crippen LogP contribution < -0.4 is 0 Å². The Morgan fingerprint density at radius 2 is 1.26 bits per heavy atom. The summed E-state index contributed by atoms with van der Waals surface area (Å²) in [7, 11) is 0. The molecule has 1 aliphatic heterocycles. The third-order valence-electron chi connectivity index (χ3n) is 3.59. The van der Waals surface area contributed by atoms with Gasteiger partial charge in [0.2, 0.25) is 0 Å². The van der Waals surface area contributed by atoms with E-state index in [2.05, 4.69) is 61.7 Å². The molecule has 0 N–H and O–H groups in total. The summed E-state index contributed by atoms with van der Waals surface area (Å²) in [6.45, 7) is 7.91. The van der Waals surface area contributed by atoms with Crippen LogP contribution in [0.2, 0.25) is 0 Å². The first kappa shape index (κ1) is 11.8. The highest BCUT2D eigenvalue weighted by Gasteiger charge is 2.37. The molecule has 2 aromatic carbocycles. The smallest absolute Gasteiger partial charge is 0.138 e. The standard InChI is InChI=1S/C18H16O/c1-13-14(2)19-18(13)17(15-9-5-3-6-10-15)16-11-7-4-8-12-16/h3-12,17-18H,1-2H2. The molecule has 3 rings (SSSR count). The van der Waals surface area contributed by atoms with Crippen molar-refractivity contribution in [2.45, 2.75) is 12.0 Å². The second-order valence-electron chi connectivity index (χ2n) is 4.79. The Kier molecular flexibility index (Phi) is 2.96. The van der Waals surface area contributed by atoms with Gasteiger partial charge < -0.3 is 4.74 Å². The zero-order chi connectivity index (χ0) is 13.2. The van der Waals surface area contributed by atoms with Gasteiger partial charge in [0.1, 0.15) is 11.9 Å². The van der Waals surface area contributed by atoms with Crippen molar-refractivity contribution < 1.29 is 4.74 Å². The zero-order valence-corrected chi connectivity index (χ0v) is 10.8. The topological polar surface area (TPSA) is 9.23 Å². The van der Waals surface area contributed by atoms with E-state index < -0.39 is 0 Å². The number of hydrogen-bond donors (Lipinski definition) is 0. The molecule has 19 heavy (non-hydrogen) atoms. The van der Waals surface area contributed by atoms with Crippen molar-refractivity contribution in [2.24, 2.45) is 0 Å². The normalized spacial score (nSPS) is 18.1. The van der Waals surface area contributed by atoms with E-state index in [4.69, 9.17) is 4.74 Å². The third-order valence-corrected chi connectivity index (χ3v) is 3.59. The minimum Gasteiger partial charge on any atom is -0.485 e. The maximum atomic E-state index is 5.73. The van der Waals surface area contributed by atoms with Crippen molar-refractivity contribution in [1.82, 2.24) is 0 Å². The van der Waals surface area contributed by atoms with Crippen LogP contribution in [0.4, 0.5) is 0 Å². The Morgan fingerprint density at radius 1 is 0.789 bits per heavy atom. The second-order valence-corrected chi connectivity index (χ2v) is 4.79. The summed E-state index contributed by atoms with van der Waals surface area (Å²) >= 11 is 0. The number of benzene rings is 2. The summed E-state index contributed by atoms with van der Waals surface area (Å²) in [5.74, 6) is 0.891. The van der Waals surface area contributed by atoms with Crippen LogP contribution in [0.15, 0.2) is 85.2 Å². The molecular weight excluding hydrogens is 232 g/mol. The first-order valence-electron chi connectivity index (χ1n) is 6.42. The molecule has 1 heterocycles. The lowest BCUT2D eigenvalue weighted by Gasteiger charge is -2.39. The van der Waals surface area contributed by atoms with Crippen molar-refractivity contribution in [1.29, 1.82) is 0 Å². The molecule has 1 fully saturated rings. The molecule has 1 saturated heterocycles. The lowest BCUT2D eigenvalue weighted by Crippen LogP contribution is -2.34. The van der Waals surface area contributed by atoms with E-state index in [9.17, 15) is 0 Å². The maximum Gasteiger partial charge on any atom is 0.138 e.